The maximum absolute atomic E-state index is 14.2. The molecule has 0 spiro atoms. The number of benzene rings is 1. The highest BCUT2D eigenvalue weighted by molar-refractivity contribution is 6.38. The number of likely N-dealkylation sites (tertiary alicyclic amines) is 1. The highest BCUT2D eigenvalue weighted by Gasteiger charge is 2.51. The number of carbonyl (C=O) groups excluding carboxylic acids is 6. The van der Waals surface area contributed by atoms with E-state index < -0.39 is 65.6 Å². The lowest BCUT2D eigenvalue weighted by Gasteiger charge is -2.33. The summed E-state index contributed by atoms with van der Waals surface area (Å²) >= 11 is 0. The number of hydrogen-bond donors (Lipinski definition) is 5. The van der Waals surface area contributed by atoms with Crippen molar-refractivity contribution in [3.63, 3.8) is 0 Å². The average Bonchev–Trinajstić information content (AvgIpc) is 3.68. The zero-order chi connectivity index (χ0) is 37.1. The van der Waals surface area contributed by atoms with Crippen LogP contribution >= 0.6 is 0 Å². The Hall–Kier alpha value is -4.29. The van der Waals surface area contributed by atoms with Gasteiger partial charge in [0.05, 0.1) is 12.1 Å². The molecule has 1 aliphatic carbocycles. The lowest BCUT2D eigenvalue weighted by atomic mass is 9.92. The quantitative estimate of drug-likeness (QED) is 0.114. The number of carbonyl (C=O) groups is 7. The molecule has 5 N–H and O–H groups in total. The van der Waals surface area contributed by atoms with E-state index in [9.17, 15) is 33.6 Å². The molecule has 2 fully saturated rings. The number of rotatable bonds is 18. The number of fused-ring (bicyclic) bond motifs is 1. The third-order valence-electron chi connectivity index (χ3n) is 9.89. The van der Waals surface area contributed by atoms with Crippen LogP contribution in [0.25, 0.3) is 0 Å². The number of nitrogens with one attached hydrogen (secondary N) is 4. The molecule has 5 amide bonds. The number of unbranched alkanes of at least 4 members (excludes halogenated alkanes) is 1. The van der Waals surface area contributed by atoms with Gasteiger partial charge < -0.3 is 31.3 Å². The lowest BCUT2D eigenvalue weighted by molar-refractivity contribution is -0.145. The number of hydrogen-bond acceptors (Lipinski definition) is 7. The maximum atomic E-state index is 14.2. The van der Waals surface area contributed by atoms with Crippen LogP contribution in [0, 0.1) is 23.7 Å². The van der Waals surface area contributed by atoms with Crippen LogP contribution in [-0.4, -0.2) is 82.0 Å². The first-order chi connectivity index (χ1) is 23.7. The van der Waals surface area contributed by atoms with Crippen molar-refractivity contribution >= 4 is 41.3 Å². The summed E-state index contributed by atoms with van der Waals surface area (Å²) in [6.45, 7) is 10.9. The van der Waals surface area contributed by atoms with E-state index in [2.05, 4.69) is 21.3 Å². The van der Waals surface area contributed by atoms with Gasteiger partial charge in [-0.1, -0.05) is 71.4 Å². The number of amides is 5. The van der Waals surface area contributed by atoms with Crippen molar-refractivity contribution in [1.29, 1.82) is 0 Å². The summed E-state index contributed by atoms with van der Waals surface area (Å²) in [4.78, 5) is 92.8. The van der Waals surface area contributed by atoms with E-state index in [4.69, 9.17) is 5.11 Å². The molecule has 276 valence electrons. The zero-order valence-electron chi connectivity index (χ0n) is 30.2. The van der Waals surface area contributed by atoms with Crippen molar-refractivity contribution in [3.8, 4) is 0 Å². The first kappa shape index (κ1) is 40.1. The minimum atomic E-state index is -1.08. The number of carboxylic acid groups (broad SMARTS) is 1. The summed E-state index contributed by atoms with van der Waals surface area (Å²) in [5.74, 6) is -5.02. The third-order valence-corrected chi connectivity index (χ3v) is 9.89. The van der Waals surface area contributed by atoms with Gasteiger partial charge in [0.2, 0.25) is 29.4 Å². The first-order valence-electron chi connectivity index (χ1n) is 18.0. The molecule has 2 aliphatic rings. The molecule has 7 atom stereocenters. The SMILES string of the molecule is CCC(NC(=O)C1[C@H]2CCC[C@H]2CN1C(=O)[C@@H](NC(=O)[C@@H](NC(=O)CCCCC(=O)O)C(C)C)C(C)C)C(=O)C(=O)N[C@@H](C)c1ccccc1. The second-order valence-corrected chi connectivity index (χ2v) is 14.4. The van der Waals surface area contributed by atoms with E-state index in [1.165, 1.54) is 4.90 Å². The van der Waals surface area contributed by atoms with E-state index in [0.29, 0.717) is 19.4 Å². The van der Waals surface area contributed by atoms with Crippen LogP contribution in [0.1, 0.15) is 105 Å². The Morgan fingerprint density at radius 3 is 2.06 bits per heavy atom. The third kappa shape index (κ3) is 10.6. The number of ketones is 1. The number of carboxylic acids is 1. The second-order valence-electron chi connectivity index (χ2n) is 14.4. The summed E-state index contributed by atoms with van der Waals surface area (Å²) in [5, 5.41) is 19.9. The van der Waals surface area contributed by atoms with Crippen molar-refractivity contribution in [2.24, 2.45) is 23.7 Å². The molecule has 1 aromatic rings. The molecule has 3 rings (SSSR count). The van der Waals surface area contributed by atoms with Crippen molar-refractivity contribution in [1.82, 2.24) is 26.2 Å². The summed E-state index contributed by atoms with van der Waals surface area (Å²) < 4.78 is 0. The van der Waals surface area contributed by atoms with Gasteiger partial charge in [0.25, 0.3) is 5.91 Å². The van der Waals surface area contributed by atoms with Crippen LogP contribution in [0.15, 0.2) is 30.3 Å². The van der Waals surface area contributed by atoms with Crippen LogP contribution in [-0.2, 0) is 33.6 Å². The van der Waals surface area contributed by atoms with E-state index >= 15 is 0 Å². The second kappa shape index (κ2) is 18.6. The molecule has 0 aromatic heterocycles. The largest absolute Gasteiger partial charge is 0.481 e. The van der Waals surface area contributed by atoms with Gasteiger partial charge in [-0.2, -0.15) is 0 Å². The molecular formula is C37H55N5O8. The fourth-order valence-electron chi connectivity index (χ4n) is 7.01. The Balaban J connectivity index is 1.72. The topological polar surface area (TPSA) is 191 Å². The number of nitrogens with zero attached hydrogens (tertiary/aromatic N) is 1. The monoisotopic (exact) mass is 697 g/mol. The van der Waals surface area contributed by atoms with Gasteiger partial charge in [-0.3, -0.25) is 33.6 Å². The van der Waals surface area contributed by atoms with Crippen molar-refractivity contribution in [2.45, 2.75) is 123 Å². The molecule has 50 heavy (non-hydrogen) atoms. The summed E-state index contributed by atoms with van der Waals surface area (Å²) in [6.07, 6.45) is 3.40. The number of aliphatic carboxylic acids is 1. The smallest absolute Gasteiger partial charge is 0.303 e. The van der Waals surface area contributed by atoms with Gasteiger partial charge in [0, 0.05) is 19.4 Å². The Morgan fingerprint density at radius 1 is 0.820 bits per heavy atom. The molecule has 13 heteroatoms. The minimum absolute atomic E-state index is 0.0461. The number of Topliss-reactive ketones (excluding diaryl/α,β-unsaturated/α-hetero) is 1. The van der Waals surface area contributed by atoms with Crippen LogP contribution < -0.4 is 21.3 Å². The van der Waals surface area contributed by atoms with Crippen molar-refractivity contribution in [3.05, 3.63) is 35.9 Å². The summed E-state index contributed by atoms with van der Waals surface area (Å²) in [5.41, 5.74) is 0.833. The van der Waals surface area contributed by atoms with Crippen LogP contribution in [0.4, 0.5) is 0 Å². The highest BCUT2D eigenvalue weighted by atomic mass is 16.4. The molecule has 1 saturated heterocycles. The predicted octanol–water partition coefficient (Wildman–Crippen LogP) is 2.88. The maximum Gasteiger partial charge on any atom is 0.303 e. The Bertz CT molecular complexity index is 1380. The molecule has 0 bridgehead atoms. The van der Waals surface area contributed by atoms with Crippen LogP contribution in [0.2, 0.25) is 0 Å². The lowest BCUT2D eigenvalue weighted by Crippen LogP contribution is -2.60. The Labute approximate surface area is 295 Å². The summed E-state index contributed by atoms with van der Waals surface area (Å²) in [7, 11) is 0. The standard InChI is InChI=1S/C37H55N5O8/c1-7-27(33(46)36(49)38-23(6)24-14-9-8-10-15-24)39-35(48)32-26-17-13-16-25(26)20-42(32)37(50)31(22(4)5)41-34(47)30(21(2)3)40-28(43)18-11-12-19-29(44)45/h8-10,14-15,21-23,25-27,30-32H,7,11-13,16-20H2,1-6H3,(H,38,49)(H,39,48)(H,40,43)(H,41,47)(H,44,45)/t23-,25-,26-,27?,30-,31-,32?/m0/s1. The molecule has 1 aromatic carbocycles. The molecule has 1 heterocycles. The molecule has 2 unspecified atom stereocenters. The van der Waals surface area contributed by atoms with E-state index in [1.54, 1.807) is 41.5 Å². The van der Waals surface area contributed by atoms with Gasteiger partial charge in [-0.15, -0.1) is 0 Å². The molecular weight excluding hydrogens is 642 g/mol. The van der Waals surface area contributed by atoms with Crippen LogP contribution in [0.3, 0.4) is 0 Å². The van der Waals surface area contributed by atoms with Gasteiger partial charge in [0.15, 0.2) is 0 Å². The van der Waals surface area contributed by atoms with Gasteiger partial charge in [0.1, 0.15) is 18.1 Å². The molecule has 1 aliphatic heterocycles. The van der Waals surface area contributed by atoms with Gasteiger partial charge in [-0.25, -0.2) is 0 Å². The summed E-state index contributed by atoms with van der Waals surface area (Å²) in [6, 6.07) is 4.94. The van der Waals surface area contributed by atoms with E-state index in [1.807, 2.05) is 30.3 Å². The normalized spacial score (nSPS) is 20.7. The minimum Gasteiger partial charge on any atom is -0.481 e. The molecule has 1 saturated carbocycles. The Kier molecular flexibility index (Phi) is 15.0. The molecule has 13 nitrogen and oxygen atoms in total. The molecule has 0 radical (unpaired) electrons. The highest BCUT2D eigenvalue weighted by Crippen LogP contribution is 2.42. The zero-order valence-corrected chi connectivity index (χ0v) is 30.2. The van der Waals surface area contributed by atoms with Crippen molar-refractivity contribution < 1.29 is 38.7 Å². The fourth-order valence-corrected chi connectivity index (χ4v) is 7.01. The van der Waals surface area contributed by atoms with Gasteiger partial charge >= 0.3 is 5.97 Å². The fraction of sp³-hybridized carbons (Fsp3) is 0.649. The Morgan fingerprint density at radius 2 is 1.46 bits per heavy atom. The van der Waals surface area contributed by atoms with Crippen LogP contribution in [0.5, 0.6) is 0 Å². The van der Waals surface area contributed by atoms with E-state index in [-0.39, 0.29) is 48.8 Å². The predicted molar refractivity (Wildman–Crippen MR) is 186 cm³/mol. The van der Waals surface area contributed by atoms with Crippen molar-refractivity contribution in [2.75, 3.05) is 6.54 Å². The van der Waals surface area contributed by atoms with E-state index in [0.717, 1.165) is 24.8 Å². The average molecular weight is 698 g/mol. The van der Waals surface area contributed by atoms with Gasteiger partial charge in [-0.05, 0) is 68.3 Å². The first-order valence-corrected chi connectivity index (χ1v) is 18.0.